The van der Waals surface area contributed by atoms with Crippen LogP contribution in [0.25, 0.3) is 0 Å². The van der Waals surface area contributed by atoms with Crippen LogP contribution in [0.3, 0.4) is 0 Å². The van der Waals surface area contributed by atoms with E-state index in [1.165, 1.54) is 25.7 Å². The highest BCUT2D eigenvalue weighted by atomic mass is 14.5. The molecule has 2 aliphatic rings. The van der Waals surface area contributed by atoms with Gasteiger partial charge in [0.2, 0.25) is 0 Å². The lowest BCUT2D eigenvalue weighted by atomic mass is 9.74. The maximum atomic E-state index is 2.48. The van der Waals surface area contributed by atoms with Crippen molar-refractivity contribution in [2.24, 2.45) is 23.2 Å². The first-order valence-electron chi connectivity index (χ1n) is 5.12. The molecule has 0 aromatic carbocycles. The molecule has 0 bridgehead atoms. The summed E-state index contributed by atoms with van der Waals surface area (Å²) >= 11 is 0. The van der Waals surface area contributed by atoms with Gasteiger partial charge in [-0.15, -0.1) is 0 Å². The van der Waals surface area contributed by atoms with Gasteiger partial charge in [0.25, 0.3) is 0 Å². The molecule has 0 heteroatoms. The molecule has 2 aliphatic carbocycles. The maximum Gasteiger partial charge on any atom is -0.0298 e. The van der Waals surface area contributed by atoms with E-state index in [0.717, 1.165) is 17.8 Å². The molecule has 0 amide bonds. The molecule has 2 atom stereocenters. The molecule has 11 heavy (non-hydrogen) atoms. The number of rotatable bonds is 1. The molecule has 2 rings (SSSR count). The van der Waals surface area contributed by atoms with E-state index < -0.39 is 0 Å². The molecule has 0 aromatic heterocycles. The van der Waals surface area contributed by atoms with Gasteiger partial charge in [0.1, 0.15) is 0 Å². The van der Waals surface area contributed by atoms with E-state index in [2.05, 4.69) is 20.8 Å². The summed E-state index contributed by atoms with van der Waals surface area (Å²) in [6.07, 6.45) is 6.05. The average Bonchev–Trinajstić information content (AvgIpc) is 2.67. The summed E-state index contributed by atoms with van der Waals surface area (Å²) < 4.78 is 0. The van der Waals surface area contributed by atoms with E-state index in [9.17, 15) is 0 Å². The zero-order chi connectivity index (χ0) is 8.06. The van der Waals surface area contributed by atoms with E-state index >= 15 is 0 Å². The maximum absolute atomic E-state index is 2.48. The Kier molecular flexibility index (Phi) is 1.56. The van der Waals surface area contributed by atoms with Crippen LogP contribution >= 0.6 is 0 Å². The Hall–Kier alpha value is 0. The molecular weight excluding hydrogens is 132 g/mol. The summed E-state index contributed by atoms with van der Waals surface area (Å²) in [4.78, 5) is 0. The lowest BCUT2D eigenvalue weighted by Crippen LogP contribution is -2.24. The molecule has 0 spiro atoms. The summed E-state index contributed by atoms with van der Waals surface area (Å²) in [5, 5.41) is 0. The Bertz CT molecular complexity index is 153. The second kappa shape index (κ2) is 2.24. The fourth-order valence-electron chi connectivity index (χ4n) is 2.88. The van der Waals surface area contributed by atoms with Gasteiger partial charge in [-0.2, -0.15) is 0 Å². The molecule has 0 N–H and O–H groups in total. The Labute approximate surface area is 70.4 Å². The van der Waals surface area contributed by atoms with Crippen molar-refractivity contribution in [2.75, 3.05) is 0 Å². The molecule has 0 nitrogen and oxygen atoms in total. The SMILES string of the molecule is CC1CCC(C2CC2)C1(C)C. The predicted molar refractivity (Wildman–Crippen MR) is 48.4 cm³/mol. The Morgan fingerprint density at radius 3 is 2.00 bits per heavy atom. The average molecular weight is 152 g/mol. The van der Waals surface area contributed by atoms with E-state index in [1.54, 1.807) is 0 Å². The monoisotopic (exact) mass is 152 g/mol. The van der Waals surface area contributed by atoms with Crippen molar-refractivity contribution >= 4 is 0 Å². The van der Waals surface area contributed by atoms with E-state index in [-0.39, 0.29) is 0 Å². The van der Waals surface area contributed by atoms with Gasteiger partial charge in [-0.1, -0.05) is 20.8 Å². The van der Waals surface area contributed by atoms with Crippen molar-refractivity contribution < 1.29 is 0 Å². The summed E-state index contributed by atoms with van der Waals surface area (Å²) in [5.41, 5.74) is 0.654. The van der Waals surface area contributed by atoms with E-state index in [0.29, 0.717) is 5.41 Å². The molecule has 0 saturated heterocycles. The van der Waals surface area contributed by atoms with Crippen LogP contribution in [0.1, 0.15) is 46.5 Å². The highest BCUT2D eigenvalue weighted by molar-refractivity contribution is 4.97. The third-order valence-corrected chi connectivity index (χ3v) is 4.33. The van der Waals surface area contributed by atoms with Crippen molar-refractivity contribution in [3.05, 3.63) is 0 Å². The second-order valence-corrected chi connectivity index (χ2v) is 5.24. The lowest BCUT2D eigenvalue weighted by Gasteiger charge is -2.31. The molecule has 0 heterocycles. The van der Waals surface area contributed by atoms with Crippen molar-refractivity contribution in [1.82, 2.24) is 0 Å². The van der Waals surface area contributed by atoms with Crippen LogP contribution in [-0.2, 0) is 0 Å². The van der Waals surface area contributed by atoms with Crippen LogP contribution in [0.5, 0.6) is 0 Å². The Morgan fingerprint density at radius 2 is 1.64 bits per heavy atom. The first-order chi connectivity index (χ1) is 5.12. The molecule has 2 saturated carbocycles. The smallest absolute Gasteiger partial charge is 0.0298 e. The number of hydrogen-bond acceptors (Lipinski definition) is 0. The van der Waals surface area contributed by atoms with Gasteiger partial charge in [0.05, 0.1) is 0 Å². The van der Waals surface area contributed by atoms with Crippen LogP contribution in [-0.4, -0.2) is 0 Å². The number of hydrogen-bond donors (Lipinski definition) is 0. The van der Waals surface area contributed by atoms with Crippen LogP contribution in [0, 0.1) is 23.2 Å². The third kappa shape index (κ3) is 1.11. The van der Waals surface area contributed by atoms with Crippen LogP contribution in [0.4, 0.5) is 0 Å². The van der Waals surface area contributed by atoms with Gasteiger partial charge in [-0.25, -0.2) is 0 Å². The molecule has 2 unspecified atom stereocenters. The quantitative estimate of drug-likeness (QED) is 0.539. The van der Waals surface area contributed by atoms with Gasteiger partial charge in [-0.3, -0.25) is 0 Å². The molecule has 2 fully saturated rings. The van der Waals surface area contributed by atoms with Gasteiger partial charge in [-0.05, 0) is 48.9 Å². The molecular formula is C11H20. The van der Waals surface area contributed by atoms with E-state index in [4.69, 9.17) is 0 Å². The van der Waals surface area contributed by atoms with Crippen LogP contribution < -0.4 is 0 Å². The van der Waals surface area contributed by atoms with Crippen molar-refractivity contribution in [2.45, 2.75) is 46.5 Å². The fourth-order valence-corrected chi connectivity index (χ4v) is 2.88. The zero-order valence-electron chi connectivity index (χ0n) is 8.06. The highest BCUT2D eigenvalue weighted by Gasteiger charge is 2.47. The van der Waals surface area contributed by atoms with Gasteiger partial charge < -0.3 is 0 Å². The summed E-state index contributed by atoms with van der Waals surface area (Å²) in [6, 6.07) is 0. The molecule has 0 aromatic rings. The summed E-state index contributed by atoms with van der Waals surface area (Å²) in [7, 11) is 0. The van der Waals surface area contributed by atoms with Crippen molar-refractivity contribution in [3.8, 4) is 0 Å². The third-order valence-electron chi connectivity index (χ3n) is 4.33. The second-order valence-electron chi connectivity index (χ2n) is 5.24. The summed E-state index contributed by atoms with van der Waals surface area (Å²) in [6.45, 7) is 7.39. The lowest BCUT2D eigenvalue weighted by molar-refractivity contribution is 0.178. The zero-order valence-corrected chi connectivity index (χ0v) is 8.06. The van der Waals surface area contributed by atoms with E-state index in [1.807, 2.05) is 0 Å². The van der Waals surface area contributed by atoms with Crippen LogP contribution in [0.2, 0.25) is 0 Å². The van der Waals surface area contributed by atoms with Gasteiger partial charge >= 0.3 is 0 Å². The fraction of sp³-hybridized carbons (Fsp3) is 1.00. The predicted octanol–water partition coefficient (Wildman–Crippen LogP) is 3.47. The normalized spacial score (nSPS) is 42.8. The van der Waals surface area contributed by atoms with Crippen LogP contribution in [0.15, 0.2) is 0 Å². The minimum absolute atomic E-state index is 0.654. The molecule has 0 aliphatic heterocycles. The highest BCUT2D eigenvalue weighted by Crippen LogP contribution is 2.56. The summed E-state index contributed by atoms with van der Waals surface area (Å²) in [5.74, 6) is 3.15. The molecule has 0 radical (unpaired) electrons. The van der Waals surface area contributed by atoms with Gasteiger partial charge in [0, 0.05) is 0 Å². The first kappa shape index (κ1) is 7.64. The van der Waals surface area contributed by atoms with Crippen molar-refractivity contribution in [1.29, 1.82) is 0 Å². The largest absolute Gasteiger partial charge is 0.0620 e. The Morgan fingerprint density at radius 1 is 1.00 bits per heavy atom. The minimum Gasteiger partial charge on any atom is -0.0620 e. The minimum atomic E-state index is 0.654. The standard InChI is InChI=1S/C11H20/c1-8-4-7-10(9-5-6-9)11(8,2)3/h8-10H,4-7H2,1-3H3. The first-order valence-corrected chi connectivity index (χ1v) is 5.12. The Balaban J connectivity index is 2.10. The topological polar surface area (TPSA) is 0 Å². The van der Waals surface area contributed by atoms with Gasteiger partial charge in [0.15, 0.2) is 0 Å². The molecule has 64 valence electrons. The van der Waals surface area contributed by atoms with Crippen molar-refractivity contribution in [3.63, 3.8) is 0 Å².